The standard InChI is InChI=1S/C11H20N2O2/c1-11(2)9(13-5-3-8(12)14)7-4-6-15-10(7)11/h7,9-10,13H,3-6H2,1-2H3,(H2,12,14). The first-order valence-corrected chi connectivity index (χ1v) is 5.67. The zero-order valence-electron chi connectivity index (χ0n) is 9.45. The number of nitrogens with two attached hydrogens (primary N) is 1. The van der Waals surface area contributed by atoms with Gasteiger partial charge in [-0.05, 0) is 6.42 Å². The van der Waals surface area contributed by atoms with E-state index in [9.17, 15) is 4.79 Å². The van der Waals surface area contributed by atoms with Gasteiger partial charge in [-0.3, -0.25) is 4.79 Å². The van der Waals surface area contributed by atoms with Crippen LogP contribution in [0.2, 0.25) is 0 Å². The number of hydrogen-bond acceptors (Lipinski definition) is 3. The topological polar surface area (TPSA) is 64.3 Å². The van der Waals surface area contributed by atoms with Crippen molar-refractivity contribution in [3.8, 4) is 0 Å². The zero-order valence-corrected chi connectivity index (χ0v) is 9.45. The minimum Gasteiger partial charge on any atom is -0.377 e. The molecule has 86 valence electrons. The largest absolute Gasteiger partial charge is 0.377 e. The van der Waals surface area contributed by atoms with Gasteiger partial charge in [-0.2, -0.15) is 0 Å². The van der Waals surface area contributed by atoms with Gasteiger partial charge in [-0.25, -0.2) is 0 Å². The highest BCUT2D eigenvalue weighted by Gasteiger charge is 2.58. The van der Waals surface area contributed by atoms with Crippen molar-refractivity contribution in [1.82, 2.24) is 5.32 Å². The van der Waals surface area contributed by atoms with Crippen molar-refractivity contribution in [2.24, 2.45) is 17.1 Å². The third-order valence-corrected chi connectivity index (χ3v) is 3.84. The molecule has 2 rings (SSSR count). The number of fused-ring (bicyclic) bond motifs is 1. The quantitative estimate of drug-likeness (QED) is 0.703. The van der Waals surface area contributed by atoms with Crippen LogP contribution in [0.4, 0.5) is 0 Å². The van der Waals surface area contributed by atoms with E-state index in [0.717, 1.165) is 13.0 Å². The molecule has 4 heteroatoms. The van der Waals surface area contributed by atoms with Gasteiger partial charge >= 0.3 is 0 Å². The third-order valence-electron chi connectivity index (χ3n) is 3.84. The molecule has 1 amide bonds. The lowest BCUT2D eigenvalue weighted by molar-refractivity contribution is -0.120. The van der Waals surface area contributed by atoms with E-state index in [-0.39, 0.29) is 11.3 Å². The molecule has 3 unspecified atom stereocenters. The molecule has 0 aromatic heterocycles. The maximum atomic E-state index is 10.6. The molecule has 4 nitrogen and oxygen atoms in total. The molecule has 0 aromatic carbocycles. The van der Waals surface area contributed by atoms with Crippen LogP contribution in [0.5, 0.6) is 0 Å². The highest BCUT2D eigenvalue weighted by atomic mass is 16.5. The van der Waals surface area contributed by atoms with E-state index in [1.807, 2.05) is 0 Å². The van der Waals surface area contributed by atoms with E-state index < -0.39 is 0 Å². The van der Waals surface area contributed by atoms with Crippen LogP contribution in [-0.4, -0.2) is 31.2 Å². The fourth-order valence-corrected chi connectivity index (χ4v) is 3.09. The molecule has 2 aliphatic rings. The minimum absolute atomic E-state index is 0.193. The molecule has 2 fully saturated rings. The SMILES string of the molecule is CC1(C)C(NCCC(N)=O)C2CCOC21. The lowest BCUT2D eigenvalue weighted by atomic mass is 9.57. The smallest absolute Gasteiger partial charge is 0.218 e. The average Bonchev–Trinajstić information content (AvgIpc) is 2.58. The third kappa shape index (κ3) is 1.76. The Morgan fingerprint density at radius 3 is 3.00 bits per heavy atom. The van der Waals surface area contributed by atoms with Crippen molar-refractivity contribution >= 4 is 5.91 Å². The molecule has 15 heavy (non-hydrogen) atoms. The first-order chi connectivity index (χ1) is 7.03. The van der Waals surface area contributed by atoms with Crippen LogP contribution in [0.1, 0.15) is 26.7 Å². The molecule has 1 heterocycles. The molecule has 3 atom stereocenters. The second kappa shape index (κ2) is 3.76. The number of amides is 1. The Kier molecular flexibility index (Phi) is 2.73. The van der Waals surface area contributed by atoms with E-state index in [0.29, 0.717) is 31.0 Å². The summed E-state index contributed by atoms with van der Waals surface area (Å²) in [4.78, 5) is 10.6. The van der Waals surface area contributed by atoms with Gasteiger partial charge in [0.15, 0.2) is 0 Å². The van der Waals surface area contributed by atoms with Gasteiger partial charge in [0.25, 0.3) is 0 Å². The van der Waals surface area contributed by atoms with Crippen LogP contribution in [0.3, 0.4) is 0 Å². The van der Waals surface area contributed by atoms with Gasteiger partial charge in [0, 0.05) is 36.9 Å². The molecule has 0 radical (unpaired) electrons. The Bertz CT molecular complexity index is 265. The highest BCUT2D eigenvalue weighted by molar-refractivity contribution is 5.73. The van der Waals surface area contributed by atoms with E-state index in [2.05, 4.69) is 19.2 Å². The molecule has 3 N–H and O–H groups in total. The Hall–Kier alpha value is -0.610. The van der Waals surface area contributed by atoms with Crippen LogP contribution >= 0.6 is 0 Å². The monoisotopic (exact) mass is 212 g/mol. The summed E-state index contributed by atoms with van der Waals surface area (Å²) in [7, 11) is 0. The maximum Gasteiger partial charge on any atom is 0.218 e. The first-order valence-electron chi connectivity index (χ1n) is 5.67. The highest BCUT2D eigenvalue weighted by Crippen LogP contribution is 2.51. The predicted molar refractivity (Wildman–Crippen MR) is 57.2 cm³/mol. The first kappa shape index (κ1) is 10.9. The van der Waals surface area contributed by atoms with Crippen LogP contribution in [0, 0.1) is 11.3 Å². The van der Waals surface area contributed by atoms with Gasteiger partial charge in [-0.1, -0.05) is 13.8 Å². The molecule has 1 saturated carbocycles. The van der Waals surface area contributed by atoms with E-state index in [4.69, 9.17) is 10.5 Å². The predicted octanol–water partition coefficient (Wildman–Crippen LogP) is 0.265. The second-order valence-corrected chi connectivity index (χ2v) is 5.21. The van der Waals surface area contributed by atoms with E-state index in [1.54, 1.807) is 0 Å². The second-order valence-electron chi connectivity index (χ2n) is 5.21. The lowest BCUT2D eigenvalue weighted by Gasteiger charge is -2.55. The molecule has 0 spiro atoms. The van der Waals surface area contributed by atoms with Crippen molar-refractivity contribution in [3.05, 3.63) is 0 Å². The Morgan fingerprint density at radius 2 is 2.33 bits per heavy atom. The number of hydrogen-bond donors (Lipinski definition) is 2. The fourth-order valence-electron chi connectivity index (χ4n) is 3.09. The normalized spacial score (nSPS) is 37.1. The van der Waals surface area contributed by atoms with Crippen molar-refractivity contribution in [1.29, 1.82) is 0 Å². The Morgan fingerprint density at radius 1 is 1.60 bits per heavy atom. The summed E-state index contributed by atoms with van der Waals surface area (Å²) in [5.74, 6) is 0.395. The van der Waals surface area contributed by atoms with Gasteiger partial charge < -0.3 is 15.8 Å². The van der Waals surface area contributed by atoms with Gasteiger partial charge in [-0.15, -0.1) is 0 Å². The molecule has 0 bridgehead atoms. The summed E-state index contributed by atoms with van der Waals surface area (Å²) in [6.07, 6.45) is 1.97. The maximum absolute atomic E-state index is 10.6. The zero-order chi connectivity index (χ0) is 11.1. The number of carbonyl (C=O) groups excluding carboxylic acids is 1. The Balaban J connectivity index is 1.84. The van der Waals surface area contributed by atoms with Gasteiger partial charge in [0.05, 0.1) is 6.10 Å². The summed E-state index contributed by atoms with van der Waals surface area (Å²) in [5, 5.41) is 3.43. The molecular weight excluding hydrogens is 192 g/mol. The average molecular weight is 212 g/mol. The van der Waals surface area contributed by atoms with Crippen LogP contribution in [0.25, 0.3) is 0 Å². The number of rotatable bonds is 4. The minimum atomic E-state index is -0.237. The molecule has 1 saturated heterocycles. The van der Waals surface area contributed by atoms with Crippen molar-refractivity contribution < 1.29 is 9.53 Å². The van der Waals surface area contributed by atoms with E-state index in [1.165, 1.54) is 0 Å². The summed E-state index contributed by atoms with van der Waals surface area (Å²) in [6.45, 7) is 6.02. The number of nitrogens with one attached hydrogen (secondary N) is 1. The van der Waals surface area contributed by atoms with Gasteiger partial charge in [0.2, 0.25) is 5.91 Å². The summed E-state index contributed by atoms with van der Waals surface area (Å²) < 4.78 is 5.69. The lowest BCUT2D eigenvalue weighted by Crippen LogP contribution is -2.66. The fraction of sp³-hybridized carbons (Fsp3) is 0.909. The van der Waals surface area contributed by atoms with Crippen molar-refractivity contribution in [2.45, 2.75) is 38.8 Å². The van der Waals surface area contributed by atoms with Crippen LogP contribution in [-0.2, 0) is 9.53 Å². The summed E-state index contributed by atoms with van der Waals surface area (Å²) in [5.41, 5.74) is 5.30. The van der Waals surface area contributed by atoms with Crippen molar-refractivity contribution in [3.63, 3.8) is 0 Å². The molecule has 1 aliphatic carbocycles. The summed E-state index contributed by atoms with van der Waals surface area (Å²) >= 11 is 0. The Labute approximate surface area is 90.5 Å². The summed E-state index contributed by atoms with van der Waals surface area (Å²) in [6, 6.07) is 0.476. The molecular formula is C11H20N2O2. The number of ether oxygens (including phenoxy) is 1. The van der Waals surface area contributed by atoms with Crippen molar-refractivity contribution in [2.75, 3.05) is 13.2 Å². The number of primary amides is 1. The molecule has 0 aromatic rings. The number of carbonyl (C=O) groups is 1. The van der Waals surface area contributed by atoms with Crippen LogP contribution in [0.15, 0.2) is 0 Å². The van der Waals surface area contributed by atoms with Crippen LogP contribution < -0.4 is 11.1 Å². The molecule has 1 aliphatic heterocycles. The van der Waals surface area contributed by atoms with Gasteiger partial charge in [0.1, 0.15) is 0 Å². The van der Waals surface area contributed by atoms with E-state index >= 15 is 0 Å².